The number of carboxylic acids is 1. The summed E-state index contributed by atoms with van der Waals surface area (Å²) in [7, 11) is 3.19. The van der Waals surface area contributed by atoms with Gasteiger partial charge < -0.3 is 19.0 Å². The van der Waals surface area contributed by atoms with E-state index in [9.17, 15) is 14.7 Å². The third-order valence-corrected chi connectivity index (χ3v) is 9.29. The highest BCUT2D eigenvalue weighted by Gasteiger charge is 2.33. The molecule has 1 N–H and O–H groups in total. The minimum atomic E-state index is -1.13. The third kappa shape index (κ3) is 4.65. The Labute approximate surface area is 260 Å². The largest absolute Gasteiger partial charge is 0.493 e. The predicted molar refractivity (Wildman–Crippen MR) is 168 cm³/mol. The zero-order chi connectivity index (χ0) is 30.5. The van der Waals surface area contributed by atoms with Crippen LogP contribution in [0.15, 0.2) is 92.6 Å². The van der Waals surface area contributed by atoms with Gasteiger partial charge in [0.2, 0.25) is 0 Å². The molecule has 1 aliphatic heterocycles. The van der Waals surface area contributed by atoms with Crippen molar-refractivity contribution in [2.75, 3.05) is 14.2 Å². The topological polar surface area (TPSA) is 103 Å². The number of methoxy groups -OCH3 is 2. The number of rotatable bonds is 6. The number of allylic oxidation sites excluding steroid dienone is 1. The summed E-state index contributed by atoms with van der Waals surface area (Å²) >= 11 is 7.34. The molecule has 0 radical (unpaired) electrons. The van der Waals surface area contributed by atoms with E-state index in [1.54, 1.807) is 43.1 Å². The van der Waals surface area contributed by atoms with Gasteiger partial charge in [-0.05, 0) is 72.0 Å². The molecule has 1 aliphatic carbocycles. The molecule has 5 aromatic rings. The maximum Gasteiger partial charge on any atom is 0.337 e. The zero-order valence-electron chi connectivity index (χ0n) is 23.7. The molecular formula is C34H25ClN2O6S. The van der Waals surface area contributed by atoms with Crippen LogP contribution >= 0.6 is 22.9 Å². The van der Waals surface area contributed by atoms with Crippen LogP contribution in [0, 0.1) is 0 Å². The van der Waals surface area contributed by atoms with Crippen molar-refractivity contribution in [2.24, 2.45) is 4.99 Å². The zero-order valence-corrected chi connectivity index (χ0v) is 25.2. The second-order valence-electron chi connectivity index (χ2n) is 10.4. The number of carboxylic acid groups (broad SMARTS) is 1. The second-order valence-corrected chi connectivity index (χ2v) is 11.8. The van der Waals surface area contributed by atoms with Crippen LogP contribution in [0.4, 0.5) is 0 Å². The Bertz CT molecular complexity index is 2190. The summed E-state index contributed by atoms with van der Waals surface area (Å²) < 4.78 is 19.4. The Hall–Kier alpha value is -4.86. The molecule has 0 amide bonds. The summed E-state index contributed by atoms with van der Waals surface area (Å²) in [4.78, 5) is 31.3. The summed E-state index contributed by atoms with van der Waals surface area (Å²) in [5.41, 5.74) is 5.55. The maximum atomic E-state index is 14.1. The minimum absolute atomic E-state index is 0.0175. The number of benzene rings is 3. The highest BCUT2D eigenvalue weighted by molar-refractivity contribution is 7.07. The highest BCUT2D eigenvalue weighted by atomic mass is 35.5. The van der Waals surface area contributed by atoms with Crippen LogP contribution < -0.4 is 24.4 Å². The molecule has 0 fully saturated rings. The first-order valence-corrected chi connectivity index (χ1v) is 15.0. The lowest BCUT2D eigenvalue weighted by atomic mass is 9.83. The normalized spacial score (nSPS) is 15.7. The number of halogens is 1. The lowest BCUT2D eigenvalue weighted by molar-refractivity contribution is 0.0697. The van der Waals surface area contributed by atoms with Gasteiger partial charge in [0.1, 0.15) is 11.5 Å². The molecule has 3 heterocycles. The van der Waals surface area contributed by atoms with Gasteiger partial charge in [-0.2, -0.15) is 0 Å². The predicted octanol–water partition coefficient (Wildman–Crippen LogP) is 5.95. The fraction of sp³-hybridized carbons (Fsp3) is 0.147. The van der Waals surface area contributed by atoms with Crippen LogP contribution in [0.5, 0.6) is 11.5 Å². The summed E-state index contributed by atoms with van der Waals surface area (Å²) in [6.07, 6.45) is 3.31. The molecule has 2 aromatic heterocycles. The molecule has 0 saturated carbocycles. The van der Waals surface area contributed by atoms with Crippen LogP contribution in [0.1, 0.15) is 45.3 Å². The van der Waals surface area contributed by atoms with Gasteiger partial charge in [-0.15, -0.1) is 0 Å². The smallest absolute Gasteiger partial charge is 0.337 e. The minimum Gasteiger partial charge on any atom is -0.493 e. The van der Waals surface area contributed by atoms with Gasteiger partial charge in [-0.1, -0.05) is 53.3 Å². The quantitative estimate of drug-likeness (QED) is 0.251. The fourth-order valence-corrected chi connectivity index (χ4v) is 7.08. The lowest BCUT2D eigenvalue weighted by Crippen LogP contribution is -2.38. The third-order valence-electron chi connectivity index (χ3n) is 7.98. The van der Waals surface area contributed by atoms with Crippen molar-refractivity contribution >= 4 is 40.7 Å². The molecule has 7 rings (SSSR count). The second kappa shape index (κ2) is 11.0. The number of furan rings is 1. The van der Waals surface area contributed by atoms with Crippen molar-refractivity contribution in [1.82, 2.24) is 4.57 Å². The number of aromatic carboxylic acids is 1. The Morgan fingerprint density at radius 1 is 1.05 bits per heavy atom. The molecule has 0 bridgehead atoms. The van der Waals surface area contributed by atoms with Crippen LogP contribution in [0.2, 0.25) is 5.02 Å². The van der Waals surface area contributed by atoms with Gasteiger partial charge in [0.15, 0.2) is 16.3 Å². The molecule has 44 heavy (non-hydrogen) atoms. The van der Waals surface area contributed by atoms with Crippen LogP contribution in [0.25, 0.3) is 23.1 Å². The van der Waals surface area contributed by atoms with Gasteiger partial charge in [0, 0.05) is 17.2 Å². The average Bonchev–Trinajstić information content (AvgIpc) is 3.63. The molecule has 0 spiro atoms. The first kappa shape index (κ1) is 27.9. The van der Waals surface area contributed by atoms with Crippen LogP contribution in [-0.4, -0.2) is 29.9 Å². The molecule has 1 atom stereocenters. The van der Waals surface area contributed by atoms with E-state index in [1.807, 2.05) is 30.3 Å². The van der Waals surface area contributed by atoms with Gasteiger partial charge in [-0.3, -0.25) is 9.36 Å². The molecule has 8 nitrogen and oxygen atoms in total. The Morgan fingerprint density at radius 2 is 1.86 bits per heavy atom. The number of carbonyl (C=O) groups is 1. The number of thiazole rings is 1. The number of aromatic nitrogens is 1. The van der Waals surface area contributed by atoms with Crippen LogP contribution in [-0.2, 0) is 6.42 Å². The number of ether oxygens (including phenoxy) is 2. The van der Waals surface area contributed by atoms with Crippen LogP contribution in [0.3, 0.4) is 0 Å². The Kier molecular flexibility index (Phi) is 6.99. The molecule has 220 valence electrons. The number of fused-ring (bicyclic) bond motifs is 3. The van der Waals surface area contributed by atoms with E-state index in [2.05, 4.69) is 12.1 Å². The van der Waals surface area contributed by atoms with E-state index >= 15 is 0 Å². The summed E-state index contributed by atoms with van der Waals surface area (Å²) in [5, 5.41) is 9.60. The van der Waals surface area contributed by atoms with Gasteiger partial charge in [0.25, 0.3) is 5.56 Å². The first-order valence-electron chi connectivity index (χ1n) is 13.8. The number of hydrogen-bond acceptors (Lipinski definition) is 7. The van der Waals surface area contributed by atoms with E-state index in [0.29, 0.717) is 37.9 Å². The molecule has 3 aromatic carbocycles. The van der Waals surface area contributed by atoms with E-state index in [0.717, 1.165) is 35.2 Å². The summed E-state index contributed by atoms with van der Waals surface area (Å²) in [6.45, 7) is 0. The molecule has 0 saturated heterocycles. The average molecular weight is 625 g/mol. The number of nitrogens with zero attached hydrogens (tertiary/aromatic N) is 2. The highest BCUT2D eigenvalue weighted by Crippen LogP contribution is 2.42. The number of aryl methyl sites for hydroxylation is 1. The van der Waals surface area contributed by atoms with Crippen molar-refractivity contribution in [3.8, 4) is 22.8 Å². The SMILES string of the molecule is COc1ccc(C2C3=C(N=c4sc(=Cc5ccc(-c6ccc(Cl)c(C(=O)O)c6)o5)c(=O)n42)c2ccccc2CC3)cc1OC. The van der Waals surface area contributed by atoms with E-state index in [4.69, 9.17) is 30.5 Å². The monoisotopic (exact) mass is 624 g/mol. The van der Waals surface area contributed by atoms with E-state index in [1.165, 1.54) is 29.0 Å². The van der Waals surface area contributed by atoms with E-state index < -0.39 is 5.97 Å². The maximum absolute atomic E-state index is 14.1. The van der Waals surface area contributed by atoms with Gasteiger partial charge >= 0.3 is 5.97 Å². The van der Waals surface area contributed by atoms with Crippen molar-refractivity contribution in [2.45, 2.75) is 18.9 Å². The molecule has 2 aliphatic rings. The Balaban J connectivity index is 1.38. The van der Waals surface area contributed by atoms with Crippen molar-refractivity contribution in [3.63, 3.8) is 0 Å². The van der Waals surface area contributed by atoms with Gasteiger partial charge in [0.05, 0.1) is 41.1 Å². The fourth-order valence-electron chi connectivity index (χ4n) is 5.90. The van der Waals surface area contributed by atoms with Crippen molar-refractivity contribution in [3.05, 3.63) is 131 Å². The van der Waals surface area contributed by atoms with Gasteiger partial charge in [-0.25, -0.2) is 9.79 Å². The van der Waals surface area contributed by atoms with Crippen molar-refractivity contribution in [1.29, 1.82) is 0 Å². The molecule has 10 heteroatoms. The summed E-state index contributed by atoms with van der Waals surface area (Å²) in [6, 6.07) is 21.8. The lowest BCUT2D eigenvalue weighted by Gasteiger charge is -2.31. The Morgan fingerprint density at radius 3 is 2.66 bits per heavy atom. The number of hydrogen-bond donors (Lipinski definition) is 1. The van der Waals surface area contributed by atoms with Crippen molar-refractivity contribution < 1.29 is 23.8 Å². The molecular weight excluding hydrogens is 600 g/mol. The molecule has 1 unspecified atom stereocenters. The van der Waals surface area contributed by atoms with E-state index in [-0.39, 0.29) is 22.2 Å². The standard InChI is InChI=1S/C34H25ClN2O6S/c1-41-27-13-9-20(16-28(27)42-2)31-23-11-7-18-5-3-4-6-22(18)30(23)36-34-37(31)32(38)29(44-34)17-21-10-14-26(43-21)19-8-12-25(35)24(15-19)33(39)40/h3-6,8-10,12-17,31H,7,11H2,1-2H3,(H,39,40). The summed E-state index contributed by atoms with van der Waals surface area (Å²) in [5.74, 6) is 0.974. The first-order chi connectivity index (χ1) is 21.4.